The molecule has 1 aromatic heterocycles. The summed E-state index contributed by atoms with van der Waals surface area (Å²) in [5.41, 5.74) is 2.70. The number of aliphatic carboxylic acids is 1. The molecule has 0 saturated carbocycles. The molecular formula is C29H27FN2O5S. The largest absolute Gasteiger partial charge is 0.481 e. The quantitative estimate of drug-likeness (QED) is 0.292. The second-order valence-electron chi connectivity index (χ2n) is 8.66. The Morgan fingerprint density at radius 1 is 1.08 bits per heavy atom. The molecule has 0 amide bonds. The molecule has 0 aliphatic carbocycles. The number of rotatable bonds is 10. The first-order valence-electron chi connectivity index (χ1n) is 11.9. The van der Waals surface area contributed by atoms with E-state index in [2.05, 4.69) is 16.6 Å². The van der Waals surface area contributed by atoms with Crippen LogP contribution in [0.15, 0.2) is 77.7 Å². The normalized spacial score (nSPS) is 12.1. The molecule has 1 atom stereocenters. The minimum atomic E-state index is -4.15. The highest BCUT2D eigenvalue weighted by Gasteiger charge is 2.28. The monoisotopic (exact) mass is 534 g/mol. The molecule has 9 heteroatoms. The summed E-state index contributed by atoms with van der Waals surface area (Å²) in [6.45, 7) is 3.93. The molecule has 0 radical (unpaired) electrons. The Bertz CT molecular complexity index is 1630. The number of fused-ring (bicyclic) bond motifs is 1. The number of carboxylic acid groups (broad SMARTS) is 1. The number of halogens is 1. The van der Waals surface area contributed by atoms with Crippen LogP contribution in [0.3, 0.4) is 0 Å². The van der Waals surface area contributed by atoms with Crippen molar-refractivity contribution < 1.29 is 27.4 Å². The molecule has 0 bridgehead atoms. The van der Waals surface area contributed by atoms with Crippen molar-refractivity contribution in [1.82, 2.24) is 9.29 Å². The molecule has 0 saturated heterocycles. The lowest BCUT2D eigenvalue weighted by molar-refractivity contribution is -0.138. The molecule has 0 aliphatic heterocycles. The van der Waals surface area contributed by atoms with Crippen LogP contribution in [-0.2, 0) is 27.8 Å². The SMILES string of the molecule is CC#CCOc1ccc(S(=O)(=O)NC(Cc2c(C)n(Cc3ccccc3F)c3ccccc23)C(=O)O)cc1. The summed E-state index contributed by atoms with van der Waals surface area (Å²) in [5, 5.41) is 10.7. The molecular weight excluding hydrogens is 507 g/mol. The molecule has 196 valence electrons. The molecule has 0 aliphatic rings. The number of nitrogens with zero attached hydrogens (tertiary/aromatic N) is 1. The second-order valence-corrected chi connectivity index (χ2v) is 10.4. The fraction of sp³-hybridized carbons (Fsp3) is 0.207. The summed E-state index contributed by atoms with van der Waals surface area (Å²) in [5.74, 6) is 4.25. The Kier molecular flexibility index (Phi) is 8.15. The van der Waals surface area contributed by atoms with Crippen LogP contribution < -0.4 is 9.46 Å². The first-order chi connectivity index (χ1) is 18.2. The number of carbonyl (C=O) groups is 1. The van der Waals surface area contributed by atoms with Gasteiger partial charge in [0.2, 0.25) is 10.0 Å². The molecule has 1 heterocycles. The zero-order valence-corrected chi connectivity index (χ0v) is 21.8. The van der Waals surface area contributed by atoms with Crippen LogP contribution in [0.4, 0.5) is 4.39 Å². The smallest absolute Gasteiger partial charge is 0.322 e. The van der Waals surface area contributed by atoms with Gasteiger partial charge >= 0.3 is 5.97 Å². The number of hydrogen-bond acceptors (Lipinski definition) is 4. The summed E-state index contributed by atoms with van der Waals surface area (Å²) in [4.78, 5) is 12.1. The standard InChI is InChI=1S/C29H27FN2O5S/c1-3-4-17-37-22-13-15-23(16-14-22)38(35,36)31-27(29(33)34)18-25-20(2)32(28-12-8-6-10-24(25)28)19-21-9-5-7-11-26(21)30/h5-16,27,31H,17-19H2,1-2H3,(H,33,34). The average molecular weight is 535 g/mol. The molecule has 0 fully saturated rings. The van der Waals surface area contributed by atoms with Gasteiger partial charge in [0.25, 0.3) is 0 Å². The molecule has 4 rings (SSSR count). The van der Waals surface area contributed by atoms with Crippen molar-refractivity contribution in [3.63, 3.8) is 0 Å². The molecule has 38 heavy (non-hydrogen) atoms. The third-order valence-corrected chi connectivity index (χ3v) is 7.76. The fourth-order valence-electron chi connectivity index (χ4n) is 4.31. The van der Waals surface area contributed by atoms with Gasteiger partial charge in [-0.25, -0.2) is 12.8 Å². The number of ether oxygens (including phenoxy) is 1. The van der Waals surface area contributed by atoms with E-state index in [1.54, 1.807) is 25.1 Å². The van der Waals surface area contributed by atoms with E-state index in [-0.39, 0.29) is 30.3 Å². The lowest BCUT2D eigenvalue weighted by Crippen LogP contribution is -2.42. The van der Waals surface area contributed by atoms with Crippen molar-refractivity contribution in [2.45, 2.75) is 37.8 Å². The number of benzene rings is 3. The first kappa shape index (κ1) is 26.9. The van der Waals surface area contributed by atoms with Crippen LogP contribution in [0.1, 0.15) is 23.7 Å². The van der Waals surface area contributed by atoms with E-state index in [1.165, 1.54) is 30.3 Å². The lowest BCUT2D eigenvalue weighted by atomic mass is 10.0. The van der Waals surface area contributed by atoms with Crippen LogP contribution in [0.2, 0.25) is 0 Å². The number of carboxylic acids is 1. The maximum absolute atomic E-state index is 14.4. The summed E-state index contributed by atoms with van der Waals surface area (Å²) >= 11 is 0. The van der Waals surface area contributed by atoms with Gasteiger partial charge in [0.05, 0.1) is 11.4 Å². The molecule has 0 spiro atoms. The van der Waals surface area contributed by atoms with Crippen molar-refractivity contribution in [2.75, 3.05) is 6.61 Å². The van der Waals surface area contributed by atoms with Crippen LogP contribution in [0, 0.1) is 24.6 Å². The maximum Gasteiger partial charge on any atom is 0.322 e. The van der Waals surface area contributed by atoms with Gasteiger partial charge < -0.3 is 14.4 Å². The summed E-state index contributed by atoms with van der Waals surface area (Å²) < 4.78 is 50.2. The van der Waals surface area contributed by atoms with Gasteiger partial charge in [0.1, 0.15) is 24.2 Å². The first-order valence-corrected chi connectivity index (χ1v) is 13.4. The van der Waals surface area contributed by atoms with E-state index in [0.29, 0.717) is 16.9 Å². The zero-order valence-electron chi connectivity index (χ0n) is 20.9. The fourth-order valence-corrected chi connectivity index (χ4v) is 5.50. The summed E-state index contributed by atoms with van der Waals surface area (Å²) in [7, 11) is -4.15. The maximum atomic E-state index is 14.4. The van der Waals surface area contributed by atoms with Crippen molar-refractivity contribution in [3.8, 4) is 17.6 Å². The number of sulfonamides is 1. The van der Waals surface area contributed by atoms with Crippen LogP contribution >= 0.6 is 0 Å². The van der Waals surface area contributed by atoms with E-state index in [9.17, 15) is 22.7 Å². The van der Waals surface area contributed by atoms with Crippen LogP contribution in [0.25, 0.3) is 10.9 Å². The average Bonchev–Trinajstić information content (AvgIpc) is 3.16. The number of nitrogens with one attached hydrogen (secondary N) is 1. The van der Waals surface area contributed by atoms with E-state index in [4.69, 9.17) is 4.74 Å². The molecule has 7 nitrogen and oxygen atoms in total. The Hall–Kier alpha value is -4.13. The highest BCUT2D eigenvalue weighted by atomic mass is 32.2. The van der Waals surface area contributed by atoms with Gasteiger partial charge in [-0.15, -0.1) is 5.92 Å². The van der Waals surface area contributed by atoms with Gasteiger partial charge in [-0.05, 0) is 55.8 Å². The third-order valence-electron chi connectivity index (χ3n) is 6.27. The highest BCUT2D eigenvalue weighted by Crippen LogP contribution is 2.29. The Labute approximate surface area is 220 Å². The molecule has 4 aromatic rings. The molecule has 1 unspecified atom stereocenters. The van der Waals surface area contributed by atoms with Gasteiger partial charge in [-0.3, -0.25) is 4.79 Å². The van der Waals surface area contributed by atoms with E-state index in [0.717, 1.165) is 16.6 Å². The van der Waals surface area contributed by atoms with Gasteiger partial charge in [-0.1, -0.05) is 42.3 Å². The van der Waals surface area contributed by atoms with E-state index in [1.807, 2.05) is 35.8 Å². The predicted octanol–water partition coefficient (Wildman–Crippen LogP) is 4.51. The minimum absolute atomic E-state index is 0.0867. The number of aromatic nitrogens is 1. The zero-order chi connectivity index (χ0) is 27.3. The second kappa shape index (κ2) is 11.5. The van der Waals surface area contributed by atoms with Crippen LogP contribution in [0.5, 0.6) is 5.75 Å². The highest BCUT2D eigenvalue weighted by molar-refractivity contribution is 7.89. The van der Waals surface area contributed by atoms with E-state index >= 15 is 0 Å². The molecule has 2 N–H and O–H groups in total. The van der Waals surface area contributed by atoms with Gasteiger partial charge in [0.15, 0.2) is 0 Å². The van der Waals surface area contributed by atoms with Crippen molar-refractivity contribution >= 4 is 26.9 Å². The third kappa shape index (κ3) is 5.88. The summed E-state index contributed by atoms with van der Waals surface area (Å²) in [6.07, 6.45) is -0.0952. The number of para-hydroxylation sites is 1. The lowest BCUT2D eigenvalue weighted by Gasteiger charge is -2.16. The number of hydrogen-bond donors (Lipinski definition) is 2. The predicted molar refractivity (Wildman–Crippen MR) is 143 cm³/mol. The Morgan fingerprint density at radius 3 is 2.45 bits per heavy atom. The van der Waals surface area contributed by atoms with Crippen molar-refractivity contribution in [1.29, 1.82) is 0 Å². The Morgan fingerprint density at radius 2 is 1.76 bits per heavy atom. The topological polar surface area (TPSA) is 97.6 Å². The molecule has 3 aromatic carbocycles. The van der Waals surface area contributed by atoms with Crippen molar-refractivity contribution in [2.24, 2.45) is 0 Å². The van der Waals surface area contributed by atoms with E-state index < -0.39 is 22.0 Å². The Balaban J connectivity index is 1.62. The van der Waals surface area contributed by atoms with Gasteiger partial charge in [0, 0.05) is 28.6 Å². The van der Waals surface area contributed by atoms with Gasteiger partial charge in [-0.2, -0.15) is 4.72 Å². The summed E-state index contributed by atoms with van der Waals surface area (Å²) in [6, 6.07) is 18.1. The minimum Gasteiger partial charge on any atom is -0.481 e. The van der Waals surface area contributed by atoms with Crippen LogP contribution in [-0.4, -0.2) is 36.7 Å². The van der Waals surface area contributed by atoms with Crippen molar-refractivity contribution in [3.05, 3.63) is 95.4 Å².